The van der Waals surface area contributed by atoms with E-state index in [1.807, 2.05) is 0 Å². The van der Waals surface area contributed by atoms with Crippen LogP contribution in [0.15, 0.2) is 41.4 Å². The SMILES string of the molecule is O=S(=O)(Cl)c1ccc(F)c(C#[N+]c2ccc(F)cn2)c1. The minimum absolute atomic E-state index is 0.102. The van der Waals surface area contributed by atoms with Gasteiger partial charge in [-0.15, -0.1) is 4.85 Å². The molecule has 0 N–H and O–H groups in total. The standard InChI is InChI=1S/C12H6ClF2N2O2S/c13-20(18,19)10-2-3-11(15)8(5-10)6-16-12-4-1-9(14)7-17-12/h1-5,7H/q+1. The van der Waals surface area contributed by atoms with Gasteiger partial charge in [-0.25, -0.2) is 17.2 Å². The van der Waals surface area contributed by atoms with Crippen molar-refractivity contribution in [2.24, 2.45) is 0 Å². The minimum atomic E-state index is -3.97. The Morgan fingerprint density at radius 2 is 1.95 bits per heavy atom. The first kappa shape index (κ1) is 14.4. The zero-order chi connectivity index (χ0) is 14.8. The van der Waals surface area contributed by atoms with Crippen LogP contribution < -0.4 is 0 Å². The van der Waals surface area contributed by atoms with E-state index in [0.29, 0.717) is 0 Å². The molecule has 0 spiro atoms. The maximum atomic E-state index is 13.5. The number of halogens is 3. The Bertz CT molecular complexity index is 812. The summed E-state index contributed by atoms with van der Waals surface area (Å²) in [6.07, 6.45) is 0.941. The van der Waals surface area contributed by atoms with Gasteiger partial charge in [-0.2, -0.15) is 0 Å². The van der Waals surface area contributed by atoms with Crippen LogP contribution in [0, 0.1) is 17.7 Å². The first-order valence-corrected chi connectivity index (χ1v) is 7.50. The van der Waals surface area contributed by atoms with E-state index in [9.17, 15) is 17.2 Å². The molecule has 0 aliphatic rings. The molecule has 0 saturated carbocycles. The van der Waals surface area contributed by atoms with Gasteiger partial charge in [0.05, 0.1) is 11.0 Å². The quantitative estimate of drug-likeness (QED) is 0.759. The van der Waals surface area contributed by atoms with E-state index in [4.69, 9.17) is 10.7 Å². The number of rotatable bonds is 1. The van der Waals surface area contributed by atoms with Crippen molar-refractivity contribution in [2.45, 2.75) is 4.90 Å². The topological polar surface area (TPSA) is 51.4 Å². The lowest BCUT2D eigenvalue weighted by atomic mass is 10.2. The summed E-state index contributed by atoms with van der Waals surface area (Å²) in [4.78, 5) is 7.05. The molecule has 2 aromatic rings. The van der Waals surface area contributed by atoms with E-state index in [1.54, 1.807) is 0 Å². The maximum absolute atomic E-state index is 13.5. The van der Waals surface area contributed by atoms with Gasteiger partial charge in [0.15, 0.2) is 18.1 Å². The van der Waals surface area contributed by atoms with Gasteiger partial charge in [-0.05, 0) is 29.2 Å². The maximum Gasteiger partial charge on any atom is 0.426 e. The van der Waals surface area contributed by atoms with E-state index >= 15 is 0 Å². The lowest BCUT2D eigenvalue weighted by Gasteiger charge is -1.96. The Kier molecular flexibility index (Phi) is 3.97. The van der Waals surface area contributed by atoms with Crippen molar-refractivity contribution >= 4 is 25.6 Å². The first-order chi connectivity index (χ1) is 9.36. The van der Waals surface area contributed by atoms with Crippen molar-refractivity contribution in [2.75, 3.05) is 0 Å². The second kappa shape index (κ2) is 5.53. The fourth-order valence-electron chi connectivity index (χ4n) is 1.29. The number of hydrogen-bond donors (Lipinski definition) is 0. The Morgan fingerprint density at radius 1 is 1.20 bits per heavy atom. The second-order valence-corrected chi connectivity index (χ2v) is 6.20. The molecule has 0 saturated heterocycles. The lowest BCUT2D eigenvalue weighted by molar-refractivity contribution is 0.607. The van der Waals surface area contributed by atoms with Crippen molar-refractivity contribution in [1.82, 2.24) is 4.98 Å². The van der Waals surface area contributed by atoms with Crippen LogP contribution in [0.1, 0.15) is 5.56 Å². The minimum Gasteiger partial charge on any atom is -0.207 e. The van der Waals surface area contributed by atoms with Crippen LogP contribution in [0.2, 0.25) is 0 Å². The third-order valence-corrected chi connectivity index (χ3v) is 3.57. The van der Waals surface area contributed by atoms with Crippen LogP contribution in [-0.4, -0.2) is 13.4 Å². The molecule has 1 aromatic heterocycles. The van der Waals surface area contributed by atoms with Crippen LogP contribution >= 0.6 is 10.7 Å². The fraction of sp³-hybridized carbons (Fsp3) is 0. The van der Waals surface area contributed by atoms with Crippen LogP contribution in [0.5, 0.6) is 0 Å². The molecule has 1 heterocycles. The summed E-state index contributed by atoms with van der Waals surface area (Å²) in [6, 6.07) is 7.65. The molecule has 0 amide bonds. The summed E-state index contributed by atoms with van der Waals surface area (Å²) >= 11 is 0. The van der Waals surface area contributed by atoms with Gasteiger partial charge in [0.25, 0.3) is 9.05 Å². The summed E-state index contributed by atoms with van der Waals surface area (Å²) in [5.74, 6) is -1.16. The average molecular weight is 316 g/mol. The number of benzene rings is 1. The third-order valence-electron chi connectivity index (χ3n) is 2.22. The van der Waals surface area contributed by atoms with E-state index in [0.717, 1.165) is 30.5 Å². The molecule has 0 aliphatic heterocycles. The second-order valence-electron chi connectivity index (χ2n) is 3.64. The molecule has 8 heteroatoms. The number of nitrogens with zero attached hydrogens (tertiary/aromatic N) is 2. The highest BCUT2D eigenvalue weighted by molar-refractivity contribution is 8.13. The predicted octanol–water partition coefficient (Wildman–Crippen LogP) is 3.30. The third kappa shape index (κ3) is 3.50. The molecule has 0 bridgehead atoms. The van der Waals surface area contributed by atoms with Crippen molar-refractivity contribution in [1.29, 1.82) is 0 Å². The monoisotopic (exact) mass is 315 g/mol. The Labute approximate surface area is 117 Å². The molecular weight excluding hydrogens is 310 g/mol. The van der Waals surface area contributed by atoms with E-state index in [2.05, 4.69) is 15.9 Å². The molecule has 20 heavy (non-hydrogen) atoms. The van der Waals surface area contributed by atoms with Crippen LogP contribution in [0.4, 0.5) is 14.6 Å². The van der Waals surface area contributed by atoms with Gasteiger partial charge in [0.1, 0.15) is 11.4 Å². The average Bonchev–Trinajstić information content (AvgIpc) is 2.38. The number of hydrogen-bond acceptors (Lipinski definition) is 3. The largest absolute Gasteiger partial charge is 0.426 e. The summed E-state index contributed by atoms with van der Waals surface area (Å²) in [6.45, 7) is 0. The Hall–Kier alpha value is -2.04. The molecule has 0 radical (unpaired) electrons. The normalized spacial score (nSPS) is 10.8. The highest BCUT2D eigenvalue weighted by atomic mass is 35.7. The summed E-state index contributed by atoms with van der Waals surface area (Å²) in [5.41, 5.74) is -0.196. The van der Waals surface area contributed by atoms with Crippen molar-refractivity contribution < 1.29 is 17.2 Å². The molecule has 0 fully saturated rings. The zero-order valence-corrected chi connectivity index (χ0v) is 11.3. The van der Waals surface area contributed by atoms with E-state index < -0.39 is 20.7 Å². The lowest BCUT2D eigenvalue weighted by Crippen LogP contribution is -1.93. The van der Waals surface area contributed by atoms with E-state index in [1.165, 1.54) is 6.07 Å². The molecule has 1 aromatic carbocycles. The number of pyridine rings is 1. The van der Waals surface area contributed by atoms with E-state index in [-0.39, 0.29) is 16.3 Å². The molecule has 0 aliphatic carbocycles. The van der Waals surface area contributed by atoms with Gasteiger partial charge in [0.2, 0.25) is 0 Å². The molecule has 0 unspecified atom stereocenters. The summed E-state index contributed by atoms with van der Waals surface area (Å²) in [5, 5.41) is 0. The Balaban J connectivity index is 2.42. The van der Waals surface area contributed by atoms with Crippen LogP contribution in [-0.2, 0) is 9.05 Å². The van der Waals surface area contributed by atoms with Crippen LogP contribution in [0.3, 0.4) is 0 Å². The van der Waals surface area contributed by atoms with Crippen LogP contribution in [0.25, 0.3) is 4.85 Å². The first-order valence-electron chi connectivity index (χ1n) is 5.19. The zero-order valence-electron chi connectivity index (χ0n) is 9.72. The predicted molar refractivity (Wildman–Crippen MR) is 69.6 cm³/mol. The number of aromatic nitrogens is 1. The summed E-state index contributed by atoms with van der Waals surface area (Å²) in [7, 11) is 1.18. The molecular formula is C12H6ClF2N2O2S+. The van der Waals surface area contributed by atoms with Gasteiger partial charge >= 0.3 is 5.82 Å². The fourth-order valence-corrected chi connectivity index (χ4v) is 2.07. The van der Waals surface area contributed by atoms with Gasteiger partial charge in [-0.1, -0.05) is 0 Å². The van der Waals surface area contributed by atoms with Gasteiger partial charge < -0.3 is 0 Å². The molecule has 102 valence electrons. The summed E-state index contributed by atoms with van der Waals surface area (Å²) < 4.78 is 48.4. The van der Waals surface area contributed by atoms with Gasteiger partial charge in [-0.3, -0.25) is 0 Å². The Morgan fingerprint density at radius 3 is 2.55 bits per heavy atom. The molecule has 2 rings (SSSR count). The smallest absolute Gasteiger partial charge is 0.207 e. The molecule has 0 atom stereocenters. The van der Waals surface area contributed by atoms with Gasteiger partial charge in [0, 0.05) is 10.7 Å². The molecule has 4 nitrogen and oxygen atoms in total. The van der Waals surface area contributed by atoms with Crippen molar-refractivity contribution in [3.63, 3.8) is 0 Å². The highest BCUT2D eigenvalue weighted by Gasteiger charge is 2.14. The van der Waals surface area contributed by atoms with Crippen molar-refractivity contribution in [3.8, 4) is 6.07 Å². The van der Waals surface area contributed by atoms with Crippen molar-refractivity contribution in [3.05, 3.63) is 58.6 Å². The highest BCUT2D eigenvalue weighted by Crippen LogP contribution is 2.18.